The highest BCUT2D eigenvalue weighted by Gasteiger charge is 2.18. The van der Waals surface area contributed by atoms with Crippen molar-refractivity contribution < 1.29 is 8.42 Å². The smallest absolute Gasteiger partial charge is 0.151 e. The predicted molar refractivity (Wildman–Crippen MR) is 85.9 cm³/mol. The highest BCUT2D eigenvalue weighted by atomic mass is 32.2. The van der Waals surface area contributed by atoms with Crippen molar-refractivity contribution in [2.24, 2.45) is 0 Å². The summed E-state index contributed by atoms with van der Waals surface area (Å²) in [5, 5.41) is 0. The van der Waals surface area contributed by atoms with Gasteiger partial charge in [-0.15, -0.1) is 0 Å². The van der Waals surface area contributed by atoms with E-state index >= 15 is 0 Å². The van der Waals surface area contributed by atoms with E-state index in [2.05, 4.69) is 17.5 Å². The van der Waals surface area contributed by atoms with Gasteiger partial charge in [0.25, 0.3) is 0 Å². The van der Waals surface area contributed by atoms with E-state index in [1.54, 1.807) is 0 Å². The van der Waals surface area contributed by atoms with Crippen LogP contribution < -0.4 is 0 Å². The van der Waals surface area contributed by atoms with Gasteiger partial charge >= 0.3 is 0 Å². The molecule has 0 aromatic carbocycles. The van der Waals surface area contributed by atoms with Crippen molar-refractivity contribution in [2.45, 2.75) is 51.4 Å². The summed E-state index contributed by atoms with van der Waals surface area (Å²) < 4.78 is 23.0. The van der Waals surface area contributed by atoms with Crippen LogP contribution in [0, 0.1) is 0 Å². The van der Waals surface area contributed by atoms with Crippen molar-refractivity contribution in [3.05, 3.63) is 0 Å². The summed E-state index contributed by atoms with van der Waals surface area (Å²) in [6.45, 7) is 2.78. The van der Waals surface area contributed by atoms with E-state index in [0.717, 1.165) is 31.8 Å². The fraction of sp³-hybridized carbons (Fsp3) is 1.00. The summed E-state index contributed by atoms with van der Waals surface area (Å²) in [5.74, 6) is 1.75. The fourth-order valence-corrected chi connectivity index (χ4v) is 4.08. The van der Waals surface area contributed by atoms with Crippen molar-refractivity contribution in [2.75, 3.05) is 36.9 Å². The van der Waals surface area contributed by atoms with Gasteiger partial charge in [0.05, 0.1) is 11.5 Å². The highest BCUT2D eigenvalue weighted by Crippen LogP contribution is 2.10. The van der Waals surface area contributed by atoms with Gasteiger partial charge in [0.15, 0.2) is 9.84 Å². The quantitative estimate of drug-likeness (QED) is 0.526. The third kappa shape index (κ3) is 8.92. The van der Waals surface area contributed by atoms with Crippen molar-refractivity contribution in [1.82, 2.24) is 4.90 Å². The zero-order chi connectivity index (χ0) is 14.0. The lowest BCUT2D eigenvalue weighted by Crippen LogP contribution is -2.28. The third-order valence-electron chi connectivity index (χ3n) is 3.78. The second-order valence-electron chi connectivity index (χ2n) is 5.55. The van der Waals surface area contributed by atoms with Crippen LogP contribution in [-0.4, -0.2) is 50.2 Å². The highest BCUT2D eigenvalue weighted by molar-refractivity contribution is 7.91. The number of nitrogens with zero attached hydrogens (tertiary/aromatic N) is 1. The molecule has 0 aromatic heterocycles. The third-order valence-corrected chi connectivity index (χ3v) is 5.81. The molecule has 0 bridgehead atoms. The van der Waals surface area contributed by atoms with E-state index in [4.69, 9.17) is 0 Å². The van der Waals surface area contributed by atoms with E-state index in [1.807, 2.05) is 0 Å². The molecule has 3 nitrogen and oxygen atoms in total. The number of unbranched alkanes of at least 4 members (excludes halogenated alkanes) is 6. The molecule has 0 spiro atoms. The molecule has 0 aliphatic carbocycles. The van der Waals surface area contributed by atoms with Crippen molar-refractivity contribution in [1.29, 1.82) is 0 Å². The topological polar surface area (TPSA) is 37.4 Å². The molecule has 114 valence electrons. The SMILES string of the molecule is O=S1(=O)CCCN(CCCCCCCCCS)CC1. The van der Waals surface area contributed by atoms with Crippen LogP contribution in [0.5, 0.6) is 0 Å². The minimum absolute atomic E-state index is 0.358. The summed E-state index contributed by atoms with van der Waals surface area (Å²) >= 11 is 4.21. The van der Waals surface area contributed by atoms with Gasteiger partial charge in [-0.25, -0.2) is 8.42 Å². The van der Waals surface area contributed by atoms with Crippen molar-refractivity contribution >= 4 is 22.5 Å². The summed E-state index contributed by atoms with van der Waals surface area (Å²) in [5.41, 5.74) is 0. The molecule has 1 aliphatic heterocycles. The second-order valence-corrected chi connectivity index (χ2v) is 8.30. The average Bonchev–Trinajstić information content (AvgIpc) is 2.54. The standard InChI is InChI=1S/C14H29NO2S2/c16-19(17)13-8-10-15(11-14-19)9-6-4-2-1-3-5-7-12-18/h18H,1-14H2. The predicted octanol–water partition coefficient (Wildman–Crippen LogP) is 2.77. The van der Waals surface area contributed by atoms with Gasteiger partial charge in [-0.3, -0.25) is 0 Å². The maximum Gasteiger partial charge on any atom is 0.151 e. The van der Waals surface area contributed by atoms with Gasteiger partial charge in [-0.2, -0.15) is 12.6 Å². The number of hydrogen-bond acceptors (Lipinski definition) is 4. The molecule has 0 aromatic rings. The second kappa shape index (κ2) is 10.1. The van der Waals surface area contributed by atoms with Gasteiger partial charge in [-0.1, -0.05) is 32.1 Å². The first kappa shape index (κ1) is 17.3. The summed E-state index contributed by atoms with van der Waals surface area (Å²) in [7, 11) is -2.75. The Morgan fingerprint density at radius 2 is 1.47 bits per heavy atom. The zero-order valence-corrected chi connectivity index (χ0v) is 13.7. The van der Waals surface area contributed by atoms with Crippen LogP contribution in [0.15, 0.2) is 0 Å². The minimum atomic E-state index is -2.75. The Morgan fingerprint density at radius 3 is 2.16 bits per heavy atom. The van der Waals surface area contributed by atoms with E-state index in [1.165, 1.54) is 44.9 Å². The molecular weight excluding hydrogens is 278 g/mol. The van der Waals surface area contributed by atoms with Crippen LogP contribution in [0.25, 0.3) is 0 Å². The molecule has 0 atom stereocenters. The molecule has 1 saturated heterocycles. The maximum absolute atomic E-state index is 11.5. The van der Waals surface area contributed by atoms with Crippen LogP contribution >= 0.6 is 12.6 Å². The summed E-state index contributed by atoms with van der Waals surface area (Å²) in [6.07, 6.45) is 9.85. The summed E-state index contributed by atoms with van der Waals surface area (Å²) in [6, 6.07) is 0. The lowest BCUT2D eigenvalue weighted by molar-refractivity contribution is 0.287. The van der Waals surface area contributed by atoms with E-state index in [9.17, 15) is 8.42 Å². The molecule has 0 unspecified atom stereocenters. The number of hydrogen-bond donors (Lipinski definition) is 1. The average molecular weight is 308 g/mol. The lowest BCUT2D eigenvalue weighted by Gasteiger charge is -2.18. The number of sulfone groups is 1. The first-order chi connectivity index (χ1) is 9.14. The van der Waals surface area contributed by atoms with Crippen LogP contribution in [-0.2, 0) is 9.84 Å². The maximum atomic E-state index is 11.5. The van der Waals surface area contributed by atoms with Crippen LogP contribution in [0.4, 0.5) is 0 Å². The Hall–Kier alpha value is 0.260. The number of rotatable bonds is 9. The van der Waals surface area contributed by atoms with Gasteiger partial charge in [0.1, 0.15) is 0 Å². The molecule has 1 heterocycles. The Morgan fingerprint density at radius 1 is 0.842 bits per heavy atom. The Bertz CT molecular complexity index is 317. The Labute approximate surface area is 124 Å². The lowest BCUT2D eigenvalue weighted by atomic mass is 10.1. The Balaban J connectivity index is 1.97. The van der Waals surface area contributed by atoms with Gasteiger partial charge in [0.2, 0.25) is 0 Å². The first-order valence-electron chi connectivity index (χ1n) is 7.68. The monoisotopic (exact) mass is 307 g/mol. The van der Waals surface area contributed by atoms with E-state index in [0.29, 0.717) is 11.5 Å². The van der Waals surface area contributed by atoms with Gasteiger partial charge < -0.3 is 4.90 Å². The van der Waals surface area contributed by atoms with Crippen LogP contribution in [0.2, 0.25) is 0 Å². The minimum Gasteiger partial charge on any atom is -0.302 e. The number of thiol groups is 1. The van der Waals surface area contributed by atoms with E-state index < -0.39 is 9.84 Å². The molecule has 5 heteroatoms. The molecule has 0 saturated carbocycles. The van der Waals surface area contributed by atoms with Crippen molar-refractivity contribution in [3.63, 3.8) is 0 Å². The molecular formula is C14H29NO2S2. The largest absolute Gasteiger partial charge is 0.302 e. The molecule has 0 amide bonds. The molecule has 1 rings (SSSR count). The normalized spacial score (nSPS) is 20.3. The Kier molecular flexibility index (Phi) is 9.16. The van der Waals surface area contributed by atoms with Gasteiger partial charge in [-0.05, 0) is 38.1 Å². The first-order valence-corrected chi connectivity index (χ1v) is 10.1. The molecule has 19 heavy (non-hydrogen) atoms. The fourth-order valence-electron chi connectivity index (χ4n) is 2.54. The van der Waals surface area contributed by atoms with E-state index in [-0.39, 0.29) is 0 Å². The van der Waals surface area contributed by atoms with Crippen LogP contribution in [0.1, 0.15) is 51.4 Å². The zero-order valence-electron chi connectivity index (χ0n) is 12.0. The van der Waals surface area contributed by atoms with Crippen molar-refractivity contribution in [3.8, 4) is 0 Å². The molecule has 1 fully saturated rings. The van der Waals surface area contributed by atoms with Crippen LogP contribution in [0.3, 0.4) is 0 Å². The molecule has 0 radical (unpaired) electrons. The molecule has 0 N–H and O–H groups in total. The summed E-state index contributed by atoms with van der Waals surface area (Å²) in [4.78, 5) is 2.32. The van der Waals surface area contributed by atoms with Gasteiger partial charge in [0, 0.05) is 6.54 Å². The molecule has 1 aliphatic rings.